The molecule has 8 heteroatoms. The average Bonchev–Trinajstić information content (AvgIpc) is 2.76. The molecule has 1 unspecified atom stereocenters. The van der Waals surface area contributed by atoms with E-state index in [1.165, 1.54) is 0 Å². The lowest BCUT2D eigenvalue weighted by atomic mass is 10.2. The zero-order chi connectivity index (χ0) is 15.4. The van der Waals surface area contributed by atoms with E-state index >= 15 is 0 Å². The van der Waals surface area contributed by atoms with Gasteiger partial charge in [-0.1, -0.05) is 6.92 Å². The van der Waals surface area contributed by atoms with E-state index in [4.69, 9.17) is 4.74 Å². The van der Waals surface area contributed by atoms with E-state index in [-0.39, 0.29) is 16.7 Å². The summed E-state index contributed by atoms with van der Waals surface area (Å²) in [5.41, 5.74) is 0.591. The maximum atomic E-state index is 11.4. The van der Waals surface area contributed by atoms with Gasteiger partial charge in [0.1, 0.15) is 5.69 Å². The maximum absolute atomic E-state index is 11.4. The van der Waals surface area contributed by atoms with Gasteiger partial charge in [-0.15, -0.1) is 0 Å². The molecule has 1 aromatic rings. The molecule has 0 aliphatic carbocycles. The molecule has 0 radical (unpaired) electrons. The second-order valence-electron chi connectivity index (χ2n) is 5.23. The predicted molar refractivity (Wildman–Crippen MR) is 79.8 cm³/mol. The topological polar surface area (TPSA) is 85.5 Å². The first-order valence-corrected chi connectivity index (χ1v) is 7.31. The third-order valence-electron chi connectivity index (χ3n) is 3.56. The van der Waals surface area contributed by atoms with Crippen LogP contribution in [0.3, 0.4) is 0 Å². The standard InChI is InChI=1S/C13H23N5O3/c1-4-5-17-13(12(18(19)20)10(2)15-17)16-6-7-21-11(9-16)8-14-3/h11,14H,4-9H2,1-3H3. The number of ether oxygens (including phenoxy) is 1. The number of aryl methyl sites for hydroxylation is 2. The first kappa shape index (κ1) is 15.7. The van der Waals surface area contributed by atoms with Gasteiger partial charge in [-0.05, 0) is 20.4 Å². The van der Waals surface area contributed by atoms with Crippen molar-refractivity contribution in [2.75, 3.05) is 38.2 Å². The SMILES string of the molecule is CCCn1nc(C)c([N+](=O)[O-])c1N1CCOC(CNC)C1. The van der Waals surface area contributed by atoms with Gasteiger partial charge in [0.05, 0.1) is 17.6 Å². The summed E-state index contributed by atoms with van der Waals surface area (Å²) >= 11 is 0. The summed E-state index contributed by atoms with van der Waals surface area (Å²) < 4.78 is 7.43. The van der Waals surface area contributed by atoms with Crippen molar-refractivity contribution in [2.45, 2.75) is 32.9 Å². The molecule has 0 saturated carbocycles. The molecule has 2 heterocycles. The minimum atomic E-state index is -0.327. The molecule has 0 aromatic carbocycles. The Balaban J connectivity index is 2.33. The predicted octanol–water partition coefficient (Wildman–Crippen LogP) is 0.934. The number of nitrogens with zero attached hydrogens (tertiary/aromatic N) is 4. The average molecular weight is 297 g/mol. The van der Waals surface area contributed by atoms with Gasteiger partial charge in [0.25, 0.3) is 0 Å². The number of morpholine rings is 1. The van der Waals surface area contributed by atoms with E-state index in [0.717, 1.165) is 13.0 Å². The number of likely N-dealkylation sites (N-methyl/N-ethyl adjacent to an activating group) is 1. The number of aromatic nitrogens is 2. The molecular weight excluding hydrogens is 274 g/mol. The van der Waals surface area contributed by atoms with Gasteiger partial charge in [-0.25, -0.2) is 4.68 Å². The first-order valence-electron chi connectivity index (χ1n) is 7.31. The summed E-state index contributed by atoms with van der Waals surface area (Å²) in [5.74, 6) is 0.615. The Bertz CT molecular complexity index is 500. The molecule has 1 aliphatic rings. The number of anilines is 1. The van der Waals surface area contributed by atoms with Crippen LogP contribution in [0.15, 0.2) is 0 Å². The van der Waals surface area contributed by atoms with Crippen LogP contribution in [0.2, 0.25) is 0 Å². The van der Waals surface area contributed by atoms with Crippen molar-refractivity contribution >= 4 is 11.5 Å². The Morgan fingerprint density at radius 2 is 2.33 bits per heavy atom. The number of hydrogen-bond acceptors (Lipinski definition) is 6. The highest BCUT2D eigenvalue weighted by Crippen LogP contribution is 2.32. The fourth-order valence-corrected chi connectivity index (χ4v) is 2.72. The largest absolute Gasteiger partial charge is 0.373 e. The van der Waals surface area contributed by atoms with Crippen molar-refractivity contribution in [3.63, 3.8) is 0 Å². The quantitative estimate of drug-likeness (QED) is 0.621. The van der Waals surface area contributed by atoms with Crippen molar-refractivity contribution in [1.29, 1.82) is 0 Å². The van der Waals surface area contributed by atoms with Crippen LogP contribution < -0.4 is 10.2 Å². The molecule has 0 spiro atoms. The first-order chi connectivity index (χ1) is 10.1. The van der Waals surface area contributed by atoms with Crippen molar-refractivity contribution in [2.24, 2.45) is 0 Å². The lowest BCUT2D eigenvalue weighted by Crippen LogP contribution is -2.47. The molecule has 8 nitrogen and oxygen atoms in total. The van der Waals surface area contributed by atoms with Crippen LogP contribution in [0, 0.1) is 17.0 Å². The van der Waals surface area contributed by atoms with Crippen LogP contribution in [-0.2, 0) is 11.3 Å². The Kier molecular flexibility index (Phi) is 5.13. The van der Waals surface area contributed by atoms with E-state index in [2.05, 4.69) is 10.4 Å². The molecule has 21 heavy (non-hydrogen) atoms. The summed E-state index contributed by atoms with van der Waals surface area (Å²) in [5, 5.41) is 18.8. The zero-order valence-electron chi connectivity index (χ0n) is 12.8. The molecule has 118 valence electrons. The fourth-order valence-electron chi connectivity index (χ4n) is 2.72. The Labute approximate surface area is 124 Å². The van der Waals surface area contributed by atoms with Crippen molar-refractivity contribution in [3.05, 3.63) is 15.8 Å². The third-order valence-corrected chi connectivity index (χ3v) is 3.56. The number of nitro groups is 1. The minimum Gasteiger partial charge on any atom is -0.373 e. The van der Waals surface area contributed by atoms with Crippen molar-refractivity contribution in [1.82, 2.24) is 15.1 Å². The smallest absolute Gasteiger partial charge is 0.333 e. The van der Waals surface area contributed by atoms with E-state index in [1.807, 2.05) is 18.9 Å². The number of hydrogen-bond donors (Lipinski definition) is 1. The fraction of sp³-hybridized carbons (Fsp3) is 0.769. The van der Waals surface area contributed by atoms with Gasteiger partial charge in [0, 0.05) is 26.2 Å². The minimum absolute atomic E-state index is 0.0358. The Hall–Kier alpha value is -1.67. The highest BCUT2D eigenvalue weighted by Gasteiger charge is 2.32. The zero-order valence-corrected chi connectivity index (χ0v) is 12.8. The Morgan fingerprint density at radius 3 is 2.95 bits per heavy atom. The van der Waals surface area contributed by atoms with Crippen LogP contribution in [0.5, 0.6) is 0 Å². The molecular formula is C13H23N5O3. The number of nitrogens with one attached hydrogen (secondary N) is 1. The highest BCUT2D eigenvalue weighted by molar-refractivity contribution is 5.61. The highest BCUT2D eigenvalue weighted by atomic mass is 16.6. The Morgan fingerprint density at radius 1 is 1.57 bits per heavy atom. The second-order valence-corrected chi connectivity index (χ2v) is 5.23. The van der Waals surface area contributed by atoms with Gasteiger partial charge >= 0.3 is 5.69 Å². The lowest BCUT2D eigenvalue weighted by molar-refractivity contribution is -0.384. The van der Waals surface area contributed by atoms with Crippen LogP contribution in [-0.4, -0.2) is 54.1 Å². The molecule has 1 fully saturated rings. The normalized spacial score (nSPS) is 19.0. The summed E-state index contributed by atoms with van der Waals surface area (Å²) in [4.78, 5) is 13.1. The van der Waals surface area contributed by atoms with E-state index < -0.39 is 0 Å². The van der Waals surface area contributed by atoms with Gasteiger partial charge in [0.15, 0.2) is 0 Å². The van der Waals surface area contributed by atoms with E-state index in [0.29, 0.717) is 37.8 Å². The molecule has 1 aliphatic heterocycles. The maximum Gasteiger partial charge on any atom is 0.333 e. The van der Waals surface area contributed by atoms with Crippen LogP contribution in [0.1, 0.15) is 19.0 Å². The monoisotopic (exact) mass is 297 g/mol. The van der Waals surface area contributed by atoms with Gasteiger partial charge in [-0.3, -0.25) is 10.1 Å². The summed E-state index contributed by atoms with van der Waals surface area (Å²) in [6.07, 6.45) is 0.920. The van der Waals surface area contributed by atoms with Crippen LogP contribution in [0.25, 0.3) is 0 Å². The van der Waals surface area contributed by atoms with E-state index in [9.17, 15) is 10.1 Å². The lowest BCUT2D eigenvalue weighted by Gasteiger charge is -2.33. The van der Waals surface area contributed by atoms with E-state index in [1.54, 1.807) is 11.6 Å². The molecule has 0 bridgehead atoms. The van der Waals surface area contributed by atoms with Crippen LogP contribution >= 0.6 is 0 Å². The summed E-state index contributed by atoms with van der Waals surface area (Å²) in [6, 6.07) is 0. The van der Waals surface area contributed by atoms with Crippen molar-refractivity contribution in [3.8, 4) is 0 Å². The van der Waals surface area contributed by atoms with Gasteiger partial charge in [0.2, 0.25) is 5.82 Å². The van der Waals surface area contributed by atoms with Crippen molar-refractivity contribution < 1.29 is 9.66 Å². The molecule has 2 rings (SSSR count). The summed E-state index contributed by atoms with van der Waals surface area (Å²) in [7, 11) is 1.87. The van der Waals surface area contributed by atoms with Gasteiger partial charge in [-0.2, -0.15) is 5.10 Å². The summed E-state index contributed by atoms with van der Waals surface area (Å²) in [6.45, 7) is 6.99. The third kappa shape index (κ3) is 3.33. The molecule has 1 atom stereocenters. The van der Waals surface area contributed by atoms with Gasteiger partial charge < -0.3 is 15.0 Å². The molecule has 1 N–H and O–H groups in total. The van der Waals surface area contributed by atoms with Crippen LogP contribution in [0.4, 0.5) is 11.5 Å². The second kappa shape index (κ2) is 6.86. The number of rotatable bonds is 6. The molecule has 0 amide bonds. The molecule has 1 saturated heterocycles. The molecule has 1 aromatic heterocycles.